The molecular formula is C27H31N5O4. The highest BCUT2D eigenvalue weighted by Gasteiger charge is 2.31. The summed E-state index contributed by atoms with van der Waals surface area (Å²) in [5.41, 5.74) is 2.54. The Bertz CT molecular complexity index is 1180. The van der Waals surface area contributed by atoms with Gasteiger partial charge in [-0.2, -0.15) is 10.2 Å². The van der Waals surface area contributed by atoms with E-state index in [1.807, 2.05) is 4.90 Å². The number of aryl methyl sites for hydroxylation is 1. The van der Waals surface area contributed by atoms with Gasteiger partial charge in [0.05, 0.1) is 25.5 Å². The predicted octanol–water partition coefficient (Wildman–Crippen LogP) is 3.52. The molecule has 3 aromatic rings. The molecule has 0 bridgehead atoms. The Labute approximate surface area is 210 Å². The van der Waals surface area contributed by atoms with Crippen LogP contribution in [0.25, 0.3) is 11.7 Å². The zero-order valence-electron chi connectivity index (χ0n) is 20.5. The zero-order chi connectivity index (χ0) is 24.9. The topological polar surface area (TPSA) is 108 Å². The van der Waals surface area contributed by atoms with Gasteiger partial charge in [0.2, 0.25) is 17.5 Å². The van der Waals surface area contributed by atoms with Crippen LogP contribution in [0.4, 0.5) is 5.88 Å². The number of nitriles is 1. The highest BCUT2D eigenvalue weighted by Crippen LogP contribution is 2.31. The van der Waals surface area contributed by atoms with Gasteiger partial charge in [-0.15, -0.1) is 0 Å². The summed E-state index contributed by atoms with van der Waals surface area (Å²) in [6.45, 7) is 7.23. The SMILES string of the molecule is Cc1ccc(C(CN2CCOCC2)NC(=O)C2CCN(c3oc(-c4ccco4)nc3C#N)CC2)cc1. The molecule has 2 aromatic heterocycles. The number of piperidine rings is 1. The maximum Gasteiger partial charge on any atom is 0.266 e. The number of ether oxygens (including phenoxy) is 1. The van der Waals surface area contributed by atoms with Crippen molar-refractivity contribution in [2.24, 2.45) is 5.92 Å². The lowest BCUT2D eigenvalue weighted by molar-refractivity contribution is -0.126. The van der Waals surface area contributed by atoms with Gasteiger partial charge in [-0.3, -0.25) is 9.69 Å². The first kappa shape index (κ1) is 24.1. The number of furan rings is 1. The molecule has 2 saturated heterocycles. The third-order valence-electron chi connectivity index (χ3n) is 6.94. The van der Waals surface area contributed by atoms with Crippen molar-refractivity contribution in [3.63, 3.8) is 0 Å². The Kier molecular flexibility index (Phi) is 7.35. The molecule has 36 heavy (non-hydrogen) atoms. The quantitative estimate of drug-likeness (QED) is 0.537. The van der Waals surface area contributed by atoms with Crippen molar-refractivity contribution in [3.8, 4) is 17.7 Å². The Morgan fingerprint density at radius 3 is 2.58 bits per heavy atom. The van der Waals surface area contributed by atoms with Gasteiger partial charge in [0.25, 0.3) is 5.89 Å². The van der Waals surface area contributed by atoms with Crippen molar-refractivity contribution < 1.29 is 18.4 Å². The van der Waals surface area contributed by atoms with E-state index in [9.17, 15) is 10.1 Å². The number of rotatable bonds is 7. The van der Waals surface area contributed by atoms with E-state index in [1.54, 1.807) is 12.1 Å². The van der Waals surface area contributed by atoms with E-state index in [-0.39, 0.29) is 29.5 Å². The van der Waals surface area contributed by atoms with Crippen LogP contribution in [0.15, 0.2) is 51.5 Å². The van der Waals surface area contributed by atoms with Crippen molar-refractivity contribution in [1.82, 2.24) is 15.2 Å². The van der Waals surface area contributed by atoms with Gasteiger partial charge in [-0.25, -0.2) is 0 Å². The molecule has 9 heteroatoms. The average Bonchev–Trinajstić information content (AvgIpc) is 3.60. The second kappa shape index (κ2) is 11.0. The van der Waals surface area contributed by atoms with E-state index < -0.39 is 0 Å². The first-order chi connectivity index (χ1) is 17.6. The molecule has 1 atom stereocenters. The third kappa shape index (κ3) is 5.45. The van der Waals surface area contributed by atoms with Crippen LogP contribution < -0.4 is 10.2 Å². The number of oxazole rings is 1. The van der Waals surface area contributed by atoms with Crippen molar-refractivity contribution in [2.45, 2.75) is 25.8 Å². The van der Waals surface area contributed by atoms with Crippen molar-refractivity contribution in [1.29, 1.82) is 5.26 Å². The number of carbonyl (C=O) groups is 1. The Hall–Kier alpha value is -3.61. The normalized spacial score (nSPS) is 18.1. The molecule has 1 N–H and O–H groups in total. The second-order valence-electron chi connectivity index (χ2n) is 9.41. The summed E-state index contributed by atoms with van der Waals surface area (Å²) in [7, 11) is 0. The average molecular weight is 490 g/mol. The summed E-state index contributed by atoms with van der Waals surface area (Å²) in [4.78, 5) is 22.0. The number of amides is 1. The summed E-state index contributed by atoms with van der Waals surface area (Å²) in [5.74, 6) is 1.18. The number of hydrogen-bond acceptors (Lipinski definition) is 8. The number of carbonyl (C=O) groups excluding carboxylic acids is 1. The highest BCUT2D eigenvalue weighted by molar-refractivity contribution is 5.79. The van der Waals surface area contributed by atoms with E-state index >= 15 is 0 Å². The minimum Gasteiger partial charge on any atom is -0.459 e. The number of morpholine rings is 1. The van der Waals surface area contributed by atoms with Crippen molar-refractivity contribution in [2.75, 3.05) is 50.8 Å². The Balaban J connectivity index is 1.23. The first-order valence-corrected chi connectivity index (χ1v) is 12.5. The van der Waals surface area contributed by atoms with Crippen LogP contribution in [-0.2, 0) is 9.53 Å². The molecule has 1 aromatic carbocycles. The number of nitrogens with zero attached hydrogens (tertiary/aromatic N) is 4. The van der Waals surface area contributed by atoms with Crippen LogP contribution in [0.5, 0.6) is 0 Å². The number of anilines is 1. The first-order valence-electron chi connectivity index (χ1n) is 12.5. The van der Waals surface area contributed by atoms with Gasteiger partial charge in [0.1, 0.15) is 6.07 Å². The number of hydrogen-bond donors (Lipinski definition) is 1. The van der Waals surface area contributed by atoms with E-state index in [4.69, 9.17) is 13.6 Å². The van der Waals surface area contributed by atoms with Crippen LogP contribution in [0.2, 0.25) is 0 Å². The summed E-state index contributed by atoms with van der Waals surface area (Å²) in [5, 5.41) is 12.9. The molecule has 2 aliphatic heterocycles. The van der Waals surface area contributed by atoms with Gasteiger partial charge in [0.15, 0.2) is 5.76 Å². The molecular weight excluding hydrogens is 458 g/mol. The molecule has 1 amide bonds. The fourth-order valence-corrected chi connectivity index (χ4v) is 4.81. The number of aromatic nitrogens is 1. The maximum atomic E-state index is 13.3. The van der Waals surface area contributed by atoms with Gasteiger partial charge >= 0.3 is 0 Å². The predicted molar refractivity (Wildman–Crippen MR) is 133 cm³/mol. The summed E-state index contributed by atoms with van der Waals surface area (Å²) < 4.78 is 16.7. The minimum absolute atomic E-state index is 0.0721. The fraction of sp³-hybridized carbons (Fsp3) is 0.444. The molecule has 0 saturated carbocycles. The summed E-state index contributed by atoms with van der Waals surface area (Å²) in [6.07, 6.45) is 2.88. The smallest absolute Gasteiger partial charge is 0.266 e. The van der Waals surface area contributed by atoms with Gasteiger partial charge in [0, 0.05) is 38.6 Å². The number of nitrogens with one attached hydrogen (secondary N) is 1. The van der Waals surface area contributed by atoms with E-state index in [0.29, 0.717) is 37.6 Å². The van der Waals surface area contributed by atoms with Crippen LogP contribution in [0.3, 0.4) is 0 Å². The van der Waals surface area contributed by atoms with E-state index in [0.717, 1.165) is 38.4 Å². The van der Waals surface area contributed by atoms with Crippen LogP contribution in [0.1, 0.15) is 35.7 Å². The molecule has 4 heterocycles. The van der Waals surface area contributed by atoms with Crippen LogP contribution in [0, 0.1) is 24.2 Å². The van der Waals surface area contributed by atoms with Crippen LogP contribution >= 0.6 is 0 Å². The third-order valence-corrected chi connectivity index (χ3v) is 6.94. The molecule has 2 aliphatic rings. The fourth-order valence-electron chi connectivity index (χ4n) is 4.81. The van der Waals surface area contributed by atoms with Gasteiger partial charge in [-0.1, -0.05) is 29.8 Å². The maximum absolute atomic E-state index is 13.3. The minimum atomic E-state index is -0.100. The summed E-state index contributed by atoms with van der Waals surface area (Å²) in [6, 6.07) is 13.9. The molecule has 2 fully saturated rings. The lowest BCUT2D eigenvalue weighted by atomic mass is 9.94. The lowest BCUT2D eigenvalue weighted by Crippen LogP contribution is -2.46. The summed E-state index contributed by atoms with van der Waals surface area (Å²) >= 11 is 0. The molecule has 1 unspecified atom stereocenters. The monoisotopic (exact) mass is 489 g/mol. The zero-order valence-corrected chi connectivity index (χ0v) is 20.5. The van der Waals surface area contributed by atoms with Crippen molar-refractivity contribution >= 4 is 11.8 Å². The largest absolute Gasteiger partial charge is 0.459 e. The Morgan fingerprint density at radius 2 is 1.92 bits per heavy atom. The van der Waals surface area contributed by atoms with Crippen molar-refractivity contribution in [3.05, 3.63) is 59.5 Å². The van der Waals surface area contributed by atoms with Gasteiger partial charge < -0.3 is 23.8 Å². The molecule has 0 spiro atoms. The lowest BCUT2D eigenvalue weighted by Gasteiger charge is -2.34. The number of benzene rings is 1. The molecule has 9 nitrogen and oxygen atoms in total. The highest BCUT2D eigenvalue weighted by atomic mass is 16.5. The van der Waals surface area contributed by atoms with E-state index in [1.165, 1.54) is 11.8 Å². The second-order valence-corrected chi connectivity index (χ2v) is 9.41. The molecule has 0 radical (unpaired) electrons. The Morgan fingerprint density at radius 1 is 1.17 bits per heavy atom. The molecule has 0 aliphatic carbocycles. The molecule has 188 valence electrons. The van der Waals surface area contributed by atoms with E-state index in [2.05, 4.69) is 52.5 Å². The molecule has 5 rings (SSSR count). The standard InChI is InChI=1S/C27H31N5O4/c1-19-4-6-20(7-5-19)23(18-31-12-15-34-16-13-31)29-25(33)21-8-10-32(11-9-21)27-22(17-28)30-26(36-27)24-3-2-14-35-24/h2-7,14,21,23H,8-13,15-16,18H2,1H3,(H,29,33). The van der Waals surface area contributed by atoms with Gasteiger partial charge in [-0.05, 0) is 37.5 Å². The van der Waals surface area contributed by atoms with Crippen LogP contribution in [-0.4, -0.2) is 61.7 Å².